The van der Waals surface area contributed by atoms with Crippen molar-refractivity contribution in [3.05, 3.63) is 48.0 Å². The normalized spacial score (nSPS) is 11.2. The van der Waals surface area contributed by atoms with Gasteiger partial charge in [0.05, 0.1) is 0 Å². The maximum absolute atomic E-state index is 5.82. The van der Waals surface area contributed by atoms with E-state index in [1.54, 1.807) is 0 Å². The first-order chi connectivity index (χ1) is 9.67. The van der Waals surface area contributed by atoms with E-state index in [9.17, 15) is 0 Å². The van der Waals surface area contributed by atoms with Crippen molar-refractivity contribution < 1.29 is 4.42 Å². The van der Waals surface area contributed by atoms with Crippen molar-refractivity contribution in [1.29, 1.82) is 0 Å². The second-order valence-electron chi connectivity index (χ2n) is 5.23. The van der Waals surface area contributed by atoms with Crippen LogP contribution in [-0.4, -0.2) is 12.0 Å². The highest BCUT2D eigenvalue weighted by atomic mass is 16.3. The Bertz CT molecular complexity index is 726. The van der Waals surface area contributed by atoms with Crippen molar-refractivity contribution in [1.82, 2.24) is 4.98 Å². The van der Waals surface area contributed by atoms with E-state index in [1.165, 1.54) is 5.56 Å². The molecule has 0 unspecified atom stereocenters. The molecule has 102 valence electrons. The quantitative estimate of drug-likeness (QED) is 0.749. The van der Waals surface area contributed by atoms with Crippen LogP contribution in [0.4, 0.5) is 5.69 Å². The Kier molecular flexibility index (Phi) is 3.18. The number of nitrogens with one attached hydrogen (secondary N) is 1. The molecular weight excluding hydrogens is 248 g/mol. The number of nitrogens with zero attached hydrogens (tertiary/aromatic N) is 1. The van der Waals surface area contributed by atoms with Crippen molar-refractivity contribution in [3.8, 4) is 11.5 Å². The molecule has 0 bridgehead atoms. The molecule has 3 aromatic rings. The maximum Gasteiger partial charge on any atom is 0.227 e. The Balaban J connectivity index is 2.01. The molecular formula is C17H18N2O. The Morgan fingerprint density at radius 3 is 2.45 bits per heavy atom. The summed E-state index contributed by atoms with van der Waals surface area (Å²) in [5.74, 6) is 1.20. The zero-order chi connectivity index (χ0) is 14.1. The highest BCUT2D eigenvalue weighted by Gasteiger charge is 2.09. The van der Waals surface area contributed by atoms with Gasteiger partial charge in [0, 0.05) is 18.3 Å². The number of benzene rings is 2. The molecule has 0 aliphatic rings. The third-order valence-corrected chi connectivity index (χ3v) is 3.50. The van der Waals surface area contributed by atoms with E-state index < -0.39 is 0 Å². The van der Waals surface area contributed by atoms with E-state index >= 15 is 0 Å². The van der Waals surface area contributed by atoms with Gasteiger partial charge in [-0.15, -0.1) is 0 Å². The minimum atomic E-state index is 0.533. The predicted octanol–water partition coefficient (Wildman–Crippen LogP) is 4.66. The van der Waals surface area contributed by atoms with Crippen LogP contribution in [0.15, 0.2) is 46.9 Å². The minimum Gasteiger partial charge on any atom is -0.436 e. The van der Waals surface area contributed by atoms with Crippen molar-refractivity contribution in [2.75, 3.05) is 12.4 Å². The highest BCUT2D eigenvalue weighted by Crippen LogP contribution is 2.27. The van der Waals surface area contributed by atoms with Crippen LogP contribution in [0.3, 0.4) is 0 Å². The lowest BCUT2D eigenvalue weighted by molar-refractivity contribution is 0.620. The van der Waals surface area contributed by atoms with Gasteiger partial charge in [0.25, 0.3) is 0 Å². The van der Waals surface area contributed by atoms with E-state index in [0.29, 0.717) is 11.8 Å². The molecule has 0 amide bonds. The molecule has 2 aromatic carbocycles. The lowest BCUT2D eigenvalue weighted by Crippen LogP contribution is -1.87. The summed E-state index contributed by atoms with van der Waals surface area (Å²) in [4.78, 5) is 4.56. The summed E-state index contributed by atoms with van der Waals surface area (Å²) in [7, 11) is 1.90. The Hall–Kier alpha value is -2.29. The minimum absolute atomic E-state index is 0.533. The van der Waals surface area contributed by atoms with Gasteiger partial charge in [-0.2, -0.15) is 0 Å². The Morgan fingerprint density at radius 2 is 1.80 bits per heavy atom. The van der Waals surface area contributed by atoms with Crippen LogP contribution in [0.5, 0.6) is 0 Å². The Labute approximate surface area is 118 Å². The zero-order valence-electron chi connectivity index (χ0n) is 12.0. The number of oxazole rings is 1. The number of hydrogen-bond acceptors (Lipinski definition) is 3. The third-order valence-electron chi connectivity index (χ3n) is 3.50. The molecule has 3 nitrogen and oxygen atoms in total. The van der Waals surface area contributed by atoms with E-state index in [-0.39, 0.29) is 0 Å². The number of aromatic nitrogens is 1. The van der Waals surface area contributed by atoms with Crippen LogP contribution < -0.4 is 5.32 Å². The summed E-state index contributed by atoms with van der Waals surface area (Å²) >= 11 is 0. The van der Waals surface area contributed by atoms with Crippen molar-refractivity contribution in [2.24, 2.45) is 0 Å². The number of fused-ring (bicyclic) bond motifs is 1. The van der Waals surface area contributed by atoms with Crippen molar-refractivity contribution in [3.63, 3.8) is 0 Å². The second-order valence-corrected chi connectivity index (χ2v) is 5.23. The molecule has 0 saturated carbocycles. The zero-order valence-corrected chi connectivity index (χ0v) is 12.0. The number of anilines is 1. The number of hydrogen-bond donors (Lipinski definition) is 1. The first-order valence-corrected chi connectivity index (χ1v) is 6.86. The molecule has 0 spiro atoms. The fourth-order valence-electron chi connectivity index (χ4n) is 2.22. The molecule has 0 aliphatic heterocycles. The van der Waals surface area contributed by atoms with Gasteiger partial charge in [-0.05, 0) is 41.8 Å². The van der Waals surface area contributed by atoms with Crippen LogP contribution in [0.25, 0.3) is 22.6 Å². The summed E-state index contributed by atoms with van der Waals surface area (Å²) in [5, 5.41) is 3.11. The van der Waals surface area contributed by atoms with E-state index in [1.807, 2.05) is 25.2 Å². The number of rotatable bonds is 3. The molecule has 0 aliphatic carbocycles. The van der Waals surface area contributed by atoms with Gasteiger partial charge < -0.3 is 9.73 Å². The third kappa shape index (κ3) is 2.27. The first kappa shape index (κ1) is 12.7. The van der Waals surface area contributed by atoms with Gasteiger partial charge in [-0.25, -0.2) is 4.98 Å². The van der Waals surface area contributed by atoms with Crippen LogP contribution in [0.1, 0.15) is 25.3 Å². The molecule has 0 atom stereocenters. The van der Waals surface area contributed by atoms with Crippen LogP contribution in [-0.2, 0) is 0 Å². The predicted molar refractivity (Wildman–Crippen MR) is 83.1 cm³/mol. The van der Waals surface area contributed by atoms with Gasteiger partial charge >= 0.3 is 0 Å². The molecule has 0 fully saturated rings. The summed E-state index contributed by atoms with van der Waals surface area (Å²) in [6.45, 7) is 4.38. The fourth-order valence-corrected chi connectivity index (χ4v) is 2.22. The van der Waals surface area contributed by atoms with Crippen molar-refractivity contribution in [2.45, 2.75) is 19.8 Å². The molecule has 20 heavy (non-hydrogen) atoms. The molecule has 3 heteroatoms. The standard InChI is InChI=1S/C17H18N2O/c1-11(2)12-4-6-13(7-5-12)17-19-15-10-14(18-3)8-9-16(15)20-17/h4-11,18H,1-3H3. The average Bonchev–Trinajstić information content (AvgIpc) is 2.90. The molecule has 1 N–H and O–H groups in total. The SMILES string of the molecule is CNc1ccc2oc(-c3ccc(C(C)C)cc3)nc2c1. The van der Waals surface area contributed by atoms with Crippen LogP contribution in [0.2, 0.25) is 0 Å². The fraction of sp³-hybridized carbons (Fsp3) is 0.235. The summed E-state index contributed by atoms with van der Waals surface area (Å²) in [6.07, 6.45) is 0. The summed E-state index contributed by atoms with van der Waals surface area (Å²) in [5.41, 5.74) is 5.05. The van der Waals surface area contributed by atoms with Crippen LogP contribution >= 0.6 is 0 Å². The topological polar surface area (TPSA) is 38.1 Å². The smallest absolute Gasteiger partial charge is 0.227 e. The lowest BCUT2D eigenvalue weighted by atomic mass is 10.0. The van der Waals surface area contributed by atoms with E-state index in [4.69, 9.17) is 4.42 Å². The lowest BCUT2D eigenvalue weighted by Gasteiger charge is -2.04. The monoisotopic (exact) mass is 266 g/mol. The van der Waals surface area contributed by atoms with E-state index in [2.05, 4.69) is 48.4 Å². The average molecular weight is 266 g/mol. The van der Waals surface area contributed by atoms with Gasteiger partial charge in [0.2, 0.25) is 5.89 Å². The van der Waals surface area contributed by atoms with Crippen molar-refractivity contribution >= 4 is 16.8 Å². The summed E-state index contributed by atoms with van der Waals surface area (Å²) < 4.78 is 5.82. The molecule has 1 heterocycles. The van der Waals surface area contributed by atoms with Gasteiger partial charge in [-0.1, -0.05) is 26.0 Å². The van der Waals surface area contributed by atoms with Gasteiger partial charge in [0.15, 0.2) is 5.58 Å². The highest BCUT2D eigenvalue weighted by molar-refractivity contribution is 5.80. The molecule has 3 rings (SSSR count). The summed E-state index contributed by atoms with van der Waals surface area (Å²) in [6, 6.07) is 14.3. The molecule has 0 radical (unpaired) electrons. The van der Waals surface area contributed by atoms with E-state index in [0.717, 1.165) is 22.4 Å². The largest absolute Gasteiger partial charge is 0.436 e. The van der Waals surface area contributed by atoms with Gasteiger partial charge in [-0.3, -0.25) is 0 Å². The molecule has 1 aromatic heterocycles. The Morgan fingerprint density at radius 1 is 1.05 bits per heavy atom. The maximum atomic E-state index is 5.82. The molecule has 0 saturated heterocycles. The first-order valence-electron chi connectivity index (χ1n) is 6.86. The van der Waals surface area contributed by atoms with Crippen LogP contribution in [0, 0.1) is 0 Å². The second kappa shape index (κ2) is 5.00. The van der Waals surface area contributed by atoms with Gasteiger partial charge in [0.1, 0.15) is 5.52 Å².